The van der Waals surface area contributed by atoms with Gasteiger partial charge in [-0.25, -0.2) is 4.68 Å². The Kier molecular flexibility index (Phi) is 5.13. The number of amides is 1. The van der Waals surface area contributed by atoms with Crippen LogP contribution < -0.4 is 5.32 Å². The van der Waals surface area contributed by atoms with Gasteiger partial charge >= 0.3 is 0 Å². The molecule has 1 saturated heterocycles. The number of aromatic nitrogens is 2. The minimum atomic E-state index is 0.0799. The highest BCUT2D eigenvalue weighted by Gasteiger charge is 2.24. The van der Waals surface area contributed by atoms with E-state index in [1.165, 1.54) is 0 Å². The molecule has 0 saturated carbocycles. The molecule has 1 amide bonds. The molecule has 1 aromatic heterocycles. The number of halogens is 1. The lowest BCUT2D eigenvalue weighted by Gasteiger charge is -2.31. The maximum absolute atomic E-state index is 12.6. The summed E-state index contributed by atoms with van der Waals surface area (Å²) in [6.45, 7) is 2.69. The number of nitrogens with one attached hydrogen (secondary N) is 1. The van der Waals surface area contributed by atoms with Crippen LogP contribution in [0, 0.1) is 5.92 Å². The third-order valence-electron chi connectivity index (χ3n) is 4.32. The fraction of sp³-hybridized carbons (Fsp3) is 0.412. The van der Waals surface area contributed by atoms with Gasteiger partial charge in [-0.2, -0.15) is 5.10 Å². The Balaban J connectivity index is 1.66. The topological polar surface area (TPSA) is 50.2 Å². The molecule has 0 bridgehead atoms. The van der Waals surface area contributed by atoms with Crippen molar-refractivity contribution in [3.63, 3.8) is 0 Å². The van der Waals surface area contributed by atoms with Gasteiger partial charge in [0.2, 0.25) is 0 Å². The third-order valence-corrected chi connectivity index (χ3v) is 4.84. The molecule has 0 spiro atoms. The molecule has 0 unspecified atom stereocenters. The van der Waals surface area contributed by atoms with Crippen molar-refractivity contribution in [1.82, 2.24) is 20.0 Å². The van der Waals surface area contributed by atoms with E-state index >= 15 is 0 Å². The molecule has 0 radical (unpaired) electrons. The van der Waals surface area contributed by atoms with Gasteiger partial charge in [0.05, 0.1) is 17.4 Å². The Bertz CT molecular complexity index is 659. The van der Waals surface area contributed by atoms with E-state index in [4.69, 9.17) is 0 Å². The minimum Gasteiger partial charge on any atom is -0.339 e. The molecule has 1 N–H and O–H groups in total. The molecule has 122 valence electrons. The molecule has 2 aromatic rings. The van der Waals surface area contributed by atoms with Gasteiger partial charge in [0, 0.05) is 23.8 Å². The van der Waals surface area contributed by atoms with Crippen LogP contribution in [0.1, 0.15) is 23.2 Å². The lowest BCUT2D eigenvalue weighted by molar-refractivity contribution is 0.0691. The Morgan fingerprint density at radius 1 is 1.30 bits per heavy atom. The first-order chi connectivity index (χ1) is 11.2. The smallest absolute Gasteiger partial charge is 0.257 e. The molecule has 0 aliphatic carbocycles. The molecule has 5 nitrogen and oxygen atoms in total. The number of piperidine rings is 1. The molecule has 23 heavy (non-hydrogen) atoms. The Hall–Kier alpha value is -1.66. The molecule has 1 fully saturated rings. The van der Waals surface area contributed by atoms with E-state index in [1.807, 2.05) is 42.4 Å². The van der Waals surface area contributed by atoms with Crippen molar-refractivity contribution in [1.29, 1.82) is 0 Å². The fourth-order valence-corrected chi connectivity index (χ4v) is 3.24. The summed E-state index contributed by atoms with van der Waals surface area (Å²) in [6, 6.07) is 7.86. The zero-order valence-electron chi connectivity index (χ0n) is 13.2. The molecule has 1 aromatic carbocycles. The van der Waals surface area contributed by atoms with Crippen molar-refractivity contribution in [3.8, 4) is 5.69 Å². The van der Waals surface area contributed by atoms with Crippen molar-refractivity contribution < 1.29 is 4.79 Å². The maximum atomic E-state index is 12.6. The quantitative estimate of drug-likeness (QED) is 0.892. The summed E-state index contributed by atoms with van der Waals surface area (Å²) < 4.78 is 2.77. The zero-order valence-corrected chi connectivity index (χ0v) is 14.8. The first kappa shape index (κ1) is 16.2. The number of carbonyl (C=O) groups is 1. The zero-order chi connectivity index (χ0) is 16.2. The van der Waals surface area contributed by atoms with Gasteiger partial charge in [-0.15, -0.1) is 0 Å². The fourth-order valence-electron chi connectivity index (χ4n) is 2.98. The summed E-state index contributed by atoms with van der Waals surface area (Å²) >= 11 is 3.42. The van der Waals surface area contributed by atoms with Crippen LogP contribution in [0.2, 0.25) is 0 Å². The molecule has 1 aliphatic heterocycles. The predicted molar refractivity (Wildman–Crippen MR) is 93.8 cm³/mol. The summed E-state index contributed by atoms with van der Waals surface area (Å²) in [5.74, 6) is 0.755. The molecule has 1 aliphatic rings. The molecular weight excluding hydrogens is 356 g/mol. The predicted octanol–water partition coefficient (Wildman–Crippen LogP) is 2.71. The monoisotopic (exact) mass is 376 g/mol. The second-order valence-corrected chi connectivity index (χ2v) is 6.86. The molecular formula is C17H21BrN4O. The highest BCUT2D eigenvalue weighted by molar-refractivity contribution is 9.10. The summed E-state index contributed by atoms with van der Waals surface area (Å²) in [6.07, 6.45) is 5.59. The van der Waals surface area contributed by atoms with E-state index in [1.54, 1.807) is 10.9 Å². The number of nitrogens with zero attached hydrogens (tertiary/aromatic N) is 3. The largest absolute Gasteiger partial charge is 0.339 e. The van der Waals surface area contributed by atoms with Crippen LogP contribution in [0.3, 0.4) is 0 Å². The van der Waals surface area contributed by atoms with Gasteiger partial charge in [-0.1, -0.05) is 15.9 Å². The first-order valence-corrected chi connectivity index (χ1v) is 8.71. The van der Waals surface area contributed by atoms with Crippen molar-refractivity contribution >= 4 is 21.8 Å². The minimum absolute atomic E-state index is 0.0799. The second-order valence-electron chi connectivity index (χ2n) is 5.94. The van der Waals surface area contributed by atoms with Crippen LogP contribution in [-0.2, 0) is 0 Å². The van der Waals surface area contributed by atoms with Crippen molar-refractivity contribution in [2.24, 2.45) is 5.92 Å². The third kappa shape index (κ3) is 3.82. The van der Waals surface area contributed by atoms with E-state index in [9.17, 15) is 4.79 Å². The average Bonchev–Trinajstić information content (AvgIpc) is 3.06. The van der Waals surface area contributed by atoms with Crippen molar-refractivity contribution in [2.75, 3.05) is 26.7 Å². The Morgan fingerprint density at radius 3 is 2.65 bits per heavy atom. The average molecular weight is 377 g/mol. The Morgan fingerprint density at radius 2 is 2.00 bits per heavy atom. The van der Waals surface area contributed by atoms with Crippen LogP contribution in [0.15, 0.2) is 41.1 Å². The highest BCUT2D eigenvalue weighted by atomic mass is 79.9. The second kappa shape index (κ2) is 7.27. The number of likely N-dealkylation sites (tertiary alicyclic amines) is 1. The van der Waals surface area contributed by atoms with Gasteiger partial charge in [0.25, 0.3) is 5.91 Å². The summed E-state index contributed by atoms with van der Waals surface area (Å²) in [4.78, 5) is 14.6. The molecule has 3 rings (SSSR count). The normalized spacial score (nSPS) is 15.8. The van der Waals surface area contributed by atoms with E-state index in [2.05, 4.69) is 26.3 Å². The van der Waals surface area contributed by atoms with E-state index in [-0.39, 0.29) is 5.91 Å². The van der Waals surface area contributed by atoms with Gasteiger partial charge in [-0.05, 0) is 56.6 Å². The van der Waals surface area contributed by atoms with Gasteiger partial charge < -0.3 is 10.2 Å². The van der Waals surface area contributed by atoms with E-state index in [0.717, 1.165) is 42.6 Å². The van der Waals surface area contributed by atoms with Gasteiger partial charge in [-0.3, -0.25) is 4.79 Å². The molecule has 6 heteroatoms. The highest BCUT2D eigenvalue weighted by Crippen LogP contribution is 2.19. The van der Waals surface area contributed by atoms with E-state index < -0.39 is 0 Å². The van der Waals surface area contributed by atoms with Crippen LogP contribution in [0.4, 0.5) is 0 Å². The van der Waals surface area contributed by atoms with Gasteiger partial charge in [0.1, 0.15) is 0 Å². The maximum Gasteiger partial charge on any atom is 0.257 e. The summed E-state index contributed by atoms with van der Waals surface area (Å²) in [5.41, 5.74) is 1.60. The summed E-state index contributed by atoms with van der Waals surface area (Å²) in [7, 11) is 1.98. The van der Waals surface area contributed by atoms with Gasteiger partial charge in [0.15, 0.2) is 0 Å². The Labute approximate surface area is 144 Å². The standard InChI is InChI=1S/C17H21BrN4O/c1-19-10-13-6-8-21(9-7-13)17(23)14-11-20-22(12-14)16-4-2-15(18)3-5-16/h2-5,11-13,19H,6-10H2,1H3. The van der Waals surface area contributed by atoms with E-state index in [0.29, 0.717) is 11.5 Å². The molecule has 0 atom stereocenters. The van der Waals surface area contributed by atoms with Crippen LogP contribution in [0.25, 0.3) is 5.69 Å². The number of benzene rings is 1. The van der Waals surface area contributed by atoms with Crippen molar-refractivity contribution in [2.45, 2.75) is 12.8 Å². The van der Waals surface area contributed by atoms with Crippen LogP contribution in [-0.4, -0.2) is 47.3 Å². The molecule has 2 heterocycles. The first-order valence-electron chi connectivity index (χ1n) is 7.92. The van der Waals surface area contributed by atoms with Crippen LogP contribution in [0.5, 0.6) is 0 Å². The number of hydrogen-bond donors (Lipinski definition) is 1. The van der Waals surface area contributed by atoms with Crippen LogP contribution >= 0.6 is 15.9 Å². The SMILES string of the molecule is CNCC1CCN(C(=O)c2cnn(-c3ccc(Br)cc3)c2)CC1. The summed E-state index contributed by atoms with van der Waals surface area (Å²) in [5, 5.41) is 7.54. The number of carbonyl (C=O) groups excluding carboxylic acids is 1. The number of rotatable bonds is 4. The lowest BCUT2D eigenvalue weighted by atomic mass is 9.96. The number of hydrogen-bond acceptors (Lipinski definition) is 3. The lowest BCUT2D eigenvalue weighted by Crippen LogP contribution is -2.40. The van der Waals surface area contributed by atoms with Crippen molar-refractivity contribution in [3.05, 3.63) is 46.7 Å².